The molecule has 0 aliphatic rings. The van der Waals surface area contributed by atoms with Gasteiger partial charge in [-0.05, 0) is 48.8 Å². The molecule has 0 bridgehead atoms. The lowest BCUT2D eigenvalue weighted by Gasteiger charge is -2.34. The van der Waals surface area contributed by atoms with E-state index in [0.29, 0.717) is 18.9 Å². The molecule has 0 aromatic heterocycles. The molecule has 0 saturated carbocycles. The molecule has 1 atom stereocenters. The van der Waals surface area contributed by atoms with Crippen LogP contribution in [0.15, 0.2) is 48.5 Å². The number of benzene rings is 2. The van der Waals surface area contributed by atoms with E-state index in [4.69, 9.17) is 9.16 Å². The van der Waals surface area contributed by atoms with Crippen LogP contribution < -0.4 is 10.1 Å². The molecule has 0 unspecified atom stereocenters. The van der Waals surface area contributed by atoms with Gasteiger partial charge in [0, 0.05) is 18.2 Å². The highest BCUT2D eigenvalue weighted by molar-refractivity contribution is 6.73. The van der Waals surface area contributed by atoms with Gasteiger partial charge in [0.1, 0.15) is 18.2 Å². The summed E-state index contributed by atoms with van der Waals surface area (Å²) in [5.74, 6) is 0.289. The fourth-order valence-corrected chi connectivity index (χ4v) is 6.50. The summed E-state index contributed by atoms with van der Waals surface area (Å²) < 4.78 is 27.1. The molecule has 0 aliphatic carbocycles. The lowest BCUT2D eigenvalue weighted by Crippen LogP contribution is -2.40. The van der Waals surface area contributed by atoms with Crippen LogP contribution in [-0.4, -0.2) is 21.4 Å². The highest BCUT2D eigenvalue weighted by Gasteiger charge is 2.33. The predicted octanol–water partition coefficient (Wildman–Crippen LogP) is 6.86. The first-order valence-electron chi connectivity index (χ1n) is 11.4. The number of ether oxygens (including phenoxy) is 1. The monoisotopic (exact) mass is 431 g/mol. The summed E-state index contributed by atoms with van der Waals surface area (Å²) in [6, 6.07) is 18.1. The molecule has 166 valence electrons. The minimum absolute atomic E-state index is 0.139. The second-order valence-corrected chi connectivity index (χ2v) is 12.6. The number of unbranched alkanes of at least 4 members (excludes halogenated alkanes) is 1. The first-order valence-corrected chi connectivity index (χ1v) is 13.9. The third-order valence-corrected chi connectivity index (χ3v) is 10.6. The van der Waals surface area contributed by atoms with Gasteiger partial charge in [-0.25, -0.2) is 4.39 Å². The Morgan fingerprint density at radius 2 is 1.67 bits per heavy atom. The Morgan fingerprint density at radius 1 is 0.967 bits per heavy atom. The van der Waals surface area contributed by atoms with Crippen LogP contribution >= 0.6 is 0 Å². The van der Waals surface area contributed by atoms with Gasteiger partial charge in [-0.3, -0.25) is 0 Å². The first kappa shape index (κ1) is 24.6. The summed E-state index contributed by atoms with van der Waals surface area (Å²) in [6.45, 7) is 11.0. The third kappa shape index (κ3) is 7.22. The smallest absolute Gasteiger partial charge is 0.192 e. The van der Waals surface area contributed by atoms with E-state index in [0.717, 1.165) is 48.6 Å². The lowest BCUT2D eigenvalue weighted by atomic mass is 10.1. The van der Waals surface area contributed by atoms with Gasteiger partial charge in [0.25, 0.3) is 0 Å². The van der Waals surface area contributed by atoms with Crippen LogP contribution in [0.1, 0.15) is 57.8 Å². The van der Waals surface area contributed by atoms with Crippen molar-refractivity contribution in [1.82, 2.24) is 5.32 Å². The standard InChI is InChI=1S/C25H38FNO2Si/c1-5-9-17-27-19-25(29-30(6-2,7-3)8-4)23-16-15-22(26)18-24(23)28-20-21-13-11-10-12-14-21/h10-16,18,25,27H,5-9,17,19-20H2,1-4H3/t25-/m0/s1. The van der Waals surface area contributed by atoms with Gasteiger partial charge in [0.2, 0.25) is 0 Å². The van der Waals surface area contributed by atoms with Crippen LogP contribution in [0.4, 0.5) is 4.39 Å². The highest BCUT2D eigenvalue weighted by atomic mass is 28.4. The number of hydrogen-bond acceptors (Lipinski definition) is 3. The number of hydrogen-bond donors (Lipinski definition) is 1. The number of nitrogens with one attached hydrogen (secondary N) is 1. The SMILES string of the molecule is CCCCNC[C@H](O[Si](CC)(CC)CC)c1ccc(F)cc1OCc1ccccc1. The molecule has 2 aromatic rings. The van der Waals surface area contributed by atoms with Crippen molar-refractivity contribution in [3.8, 4) is 5.75 Å². The fourth-order valence-electron chi connectivity index (χ4n) is 3.69. The average molecular weight is 432 g/mol. The largest absolute Gasteiger partial charge is 0.488 e. The number of halogens is 1. The molecule has 0 radical (unpaired) electrons. The van der Waals surface area contributed by atoms with Gasteiger partial charge < -0.3 is 14.5 Å². The third-order valence-electron chi connectivity index (χ3n) is 5.92. The normalized spacial score (nSPS) is 12.7. The topological polar surface area (TPSA) is 30.5 Å². The van der Waals surface area contributed by atoms with Gasteiger partial charge in [-0.2, -0.15) is 0 Å². The van der Waals surface area contributed by atoms with Crippen LogP contribution in [0.3, 0.4) is 0 Å². The highest BCUT2D eigenvalue weighted by Crippen LogP contribution is 2.34. The quantitative estimate of drug-likeness (QED) is 0.262. The molecule has 1 N–H and O–H groups in total. The van der Waals surface area contributed by atoms with Crippen molar-refractivity contribution in [3.05, 3.63) is 65.5 Å². The number of rotatable bonds is 14. The molecule has 0 saturated heterocycles. The maximum atomic E-state index is 14.1. The van der Waals surface area contributed by atoms with E-state index < -0.39 is 8.32 Å². The molecule has 0 spiro atoms. The minimum Gasteiger partial charge on any atom is -0.488 e. The average Bonchev–Trinajstić information content (AvgIpc) is 2.79. The molecule has 3 nitrogen and oxygen atoms in total. The van der Waals surface area contributed by atoms with Crippen LogP contribution in [0.2, 0.25) is 18.1 Å². The second kappa shape index (κ2) is 12.9. The summed E-state index contributed by atoms with van der Waals surface area (Å²) in [4.78, 5) is 0. The van der Waals surface area contributed by atoms with E-state index in [1.807, 2.05) is 36.4 Å². The zero-order valence-electron chi connectivity index (χ0n) is 19.0. The van der Waals surface area contributed by atoms with E-state index in [-0.39, 0.29) is 11.9 Å². The fraction of sp³-hybridized carbons (Fsp3) is 0.520. The Labute approximate surface area is 183 Å². The minimum atomic E-state index is -1.84. The van der Waals surface area contributed by atoms with E-state index >= 15 is 0 Å². The van der Waals surface area contributed by atoms with Gasteiger partial charge in [0.05, 0.1) is 6.10 Å². The van der Waals surface area contributed by atoms with Gasteiger partial charge in [-0.1, -0.05) is 64.4 Å². The molecule has 0 aliphatic heterocycles. The molecule has 0 fully saturated rings. The van der Waals surface area contributed by atoms with E-state index in [9.17, 15) is 4.39 Å². The molecule has 5 heteroatoms. The Morgan fingerprint density at radius 3 is 2.30 bits per heavy atom. The van der Waals surface area contributed by atoms with Crippen LogP contribution in [0.5, 0.6) is 5.75 Å². The molecule has 0 heterocycles. The Bertz CT molecular complexity index is 729. The van der Waals surface area contributed by atoms with Crippen molar-refractivity contribution in [1.29, 1.82) is 0 Å². The first-order chi connectivity index (χ1) is 14.6. The Kier molecular flexibility index (Phi) is 10.5. The molecular formula is C25H38FNO2Si. The maximum absolute atomic E-state index is 14.1. The summed E-state index contributed by atoms with van der Waals surface area (Å²) in [5.41, 5.74) is 1.99. The van der Waals surface area contributed by atoms with Crippen molar-refractivity contribution >= 4 is 8.32 Å². The van der Waals surface area contributed by atoms with Crippen LogP contribution in [-0.2, 0) is 11.0 Å². The van der Waals surface area contributed by atoms with Gasteiger partial charge in [-0.15, -0.1) is 0 Å². The van der Waals surface area contributed by atoms with Crippen molar-refractivity contribution in [2.24, 2.45) is 0 Å². The summed E-state index contributed by atoms with van der Waals surface area (Å²) in [7, 11) is -1.84. The molecule has 2 rings (SSSR count). The van der Waals surface area contributed by atoms with Gasteiger partial charge in [0.15, 0.2) is 8.32 Å². The Balaban J connectivity index is 2.28. The van der Waals surface area contributed by atoms with E-state index in [2.05, 4.69) is 33.0 Å². The van der Waals surface area contributed by atoms with Crippen molar-refractivity contribution in [2.45, 2.75) is 71.4 Å². The van der Waals surface area contributed by atoms with Crippen molar-refractivity contribution in [3.63, 3.8) is 0 Å². The predicted molar refractivity (Wildman–Crippen MR) is 126 cm³/mol. The molecular weight excluding hydrogens is 393 g/mol. The molecule has 2 aromatic carbocycles. The van der Waals surface area contributed by atoms with Crippen molar-refractivity contribution in [2.75, 3.05) is 13.1 Å². The maximum Gasteiger partial charge on any atom is 0.192 e. The van der Waals surface area contributed by atoms with Crippen LogP contribution in [0, 0.1) is 5.82 Å². The summed E-state index contributed by atoms with van der Waals surface area (Å²) >= 11 is 0. The molecule has 0 amide bonds. The zero-order chi connectivity index (χ0) is 21.8. The van der Waals surface area contributed by atoms with Crippen LogP contribution in [0.25, 0.3) is 0 Å². The van der Waals surface area contributed by atoms with Crippen molar-refractivity contribution < 1.29 is 13.6 Å². The van der Waals surface area contributed by atoms with Gasteiger partial charge >= 0.3 is 0 Å². The second-order valence-electron chi connectivity index (χ2n) is 7.86. The van der Waals surface area contributed by atoms with E-state index in [1.54, 1.807) is 0 Å². The summed E-state index contributed by atoms with van der Waals surface area (Å²) in [6.07, 6.45) is 2.14. The lowest BCUT2D eigenvalue weighted by molar-refractivity contribution is 0.178. The van der Waals surface area contributed by atoms with E-state index in [1.165, 1.54) is 12.1 Å². The Hall–Kier alpha value is -1.69. The molecule has 30 heavy (non-hydrogen) atoms. The zero-order valence-corrected chi connectivity index (χ0v) is 20.0. The summed E-state index contributed by atoms with van der Waals surface area (Å²) in [5, 5.41) is 3.54.